The fraction of sp³-hybridized carbons (Fsp3) is 0.167. The highest BCUT2D eigenvalue weighted by Crippen LogP contribution is 2.31. The molecule has 3 aromatic rings. The van der Waals surface area contributed by atoms with Gasteiger partial charge in [0.1, 0.15) is 5.75 Å². The van der Waals surface area contributed by atoms with Crippen molar-refractivity contribution in [1.82, 2.24) is 0 Å². The molecular weight excluding hydrogens is 430 g/mol. The molecule has 0 fully saturated rings. The zero-order chi connectivity index (χ0) is 22.7. The van der Waals surface area contributed by atoms with Gasteiger partial charge in [0, 0.05) is 6.54 Å². The van der Waals surface area contributed by atoms with E-state index in [0.717, 1.165) is 18.4 Å². The maximum Gasteiger partial charge on any atom is 0.343 e. The van der Waals surface area contributed by atoms with E-state index in [1.807, 2.05) is 24.3 Å². The first kappa shape index (κ1) is 21.6. The minimum atomic E-state index is -3.75. The highest BCUT2D eigenvalue weighted by atomic mass is 32.2. The highest BCUT2D eigenvalue weighted by molar-refractivity contribution is 7.92. The number of ether oxygens (including phenoxy) is 2. The molecule has 8 heteroatoms. The Kier molecular flexibility index (Phi) is 5.96. The number of benzene rings is 3. The molecular formula is C24H21NO6S. The third kappa shape index (κ3) is 4.22. The molecule has 3 aromatic carbocycles. The van der Waals surface area contributed by atoms with Crippen LogP contribution in [0, 0.1) is 0 Å². The molecule has 0 saturated heterocycles. The van der Waals surface area contributed by atoms with Crippen molar-refractivity contribution in [3.63, 3.8) is 0 Å². The molecule has 0 saturated carbocycles. The summed E-state index contributed by atoms with van der Waals surface area (Å²) in [6.07, 6.45) is 1.59. The van der Waals surface area contributed by atoms with Crippen LogP contribution < -0.4 is 9.04 Å². The third-order valence-corrected chi connectivity index (χ3v) is 7.06. The van der Waals surface area contributed by atoms with E-state index >= 15 is 0 Å². The van der Waals surface area contributed by atoms with Crippen LogP contribution in [0.2, 0.25) is 0 Å². The first-order chi connectivity index (χ1) is 15.4. The normalized spacial score (nSPS) is 13.2. The SMILES string of the molecule is COC(=O)c1ccc(OC(=O)c2ccc(S(=O)(=O)N3CCCc4ccccc43)cc2)cc1. The minimum absolute atomic E-state index is 0.105. The Morgan fingerprint density at radius 1 is 0.844 bits per heavy atom. The number of anilines is 1. The van der Waals surface area contributed by atoms with Crippen LogP contribution in [0.1, 0.15) is 32.7 Å². The van der Waals surface area contributed by atoms with Crippen LogP contribution in [0.4, 0.5) is 5.69 Å². The first-order valence-corrected chi connectivity index (χ1v) is 11.5. The molecule has 7 nitrogen and oxygen atoms in total. The fourth-order valence-electron chi connectivity index (χ4n) is 3.58. The van der Waals surface area contributed by atoms with Crippen molar-refractivity contribution >= 4 is 27.6 Å². The van der Waals surface area contributed by atoms with Crippen LogP contribution in [0.5, 0.6) is 5.75 Å². The Morgan fingerprint density at radius 3 is 2.16 bits per heavy atom. The molecule has 1 heterocycles. The van der Waals surface area contributed by atoms with Crippen molar-refractivity contribution in [3.05, 3.63) is 89.5 Å². The molecule has 0 N–H and O–H groups in total. The summed E-state index contributed by atoms with van der Waals surface area (Å²) in [5.74, 6) is -0.872. The highest BCUT2D eigenvalue weighted by Gasteiger charge is 2.29. The number of rotatable bonds is 5. The zero-order valence-corrected chi connectivity index (χ0v) is 18.2. The number of fused-ring (bicyclic) bond motifs is 1. The number of hydrogen-bond acceptors (Lipinski definition) is 6. The van der Waals surface area contributed by atoms with Crippen molar-refractivity contribution in [2.24, 2.45) is 0 Å². The standard InChI is InChI=1S/C24H21NO6S/c1-30-23(26)18-8-12-20(13-9-18)31-24(27)19-10-14-21(15-11-19)32(28,29)25-16-4-6-17-5-2-3-7-22(17)25/h2-3,5,7-15H,4,6,16H2,1H3. The van der Waals surface area contributed by atoms with E-state index in [-0.39, 0.29) is 16.2 Å². The Bertz CT molecular complexity index is 1250. The molecule has 0 spiro atoms. The van der Waals surface area contributed by atoms with E-state index < -0.39 is 22.0 Å². The minimum Gasteiger partial charge on any atom is -0.465 e. The van der Waals surface area contributed by atoms with Gasteiger partial charge in [0.25, 0.3) is 10.0 Å². The van der Waals surface area contributed by atoms with Crippen LogP contribution in [-0.4, -0.2) is 34.0 Å². The van der Waals surface area contributed by atoms with Gasteiger partial charge >= 0.3 is 11.9 Å². The van der Waals surface area contributed by atoms with Gasteiger partial charge in [0.05, 0.1) is 28.8 Å². The summed E-state index contributed by atoms with van der Waals surface area (Å²) in [7, 11) is -2.47. The molecule has 0 unspecified atom stereocenters. The molecule has 0 aromatic heterocycles. The van der Waals surface area contributed by atoms with Gasteiger partial charge in [-0.1, -0.05) is 18.2 Å². The van der Waals surface area contributed by atoms with E-state index in [9.17, 15) is 18.0 Å². The van der Waals surface area contributed by atoms with Crippen molar-refractivity contribution < 1.29 is 27.5 Å². The molecule has 32 heavy (non-hydrogen) atoms. The van der Waals surface area contributed by atoms with Gasteiger partial charge in [-0.2, -0.15) is 0 Å². The summed E-state index contributed by atoms with van der Waals surface area (Å²) in [6.45, 7) is 0.407. The average molecular weight is 452 g/mol. The second kappa shape index (κ2) is 8.84. The molecule has 1 aliphatic rings. The summed E-state index contributed by atoms with van der Waals surface area (Å²) < 4.78 is 37.8. The molecule has 4 rings (SSSR count). The lowest BCUT2D eigenvalue weighted by atomic mass is 10.0. The van der Waals surface area contributed by atoms with Gasteiger partial charge in [-0.25, -0.2) is 18.0 Å². The summed E-state index contributed by atoms with van der Waals surface area (Å²) in [5.41, 5.74) is 2.24. The van der Waals surface area contributed by atoms with Gasteiger partial charge in [-0.05, 0) is 73.0 Å². The Hall–Kier alpha value is -3.65. The average Bonchev–Trinajstić information content (AvgIpc) is 2.83. The summed E-state index contributed by atoms with van der Waals surface area (Å²) in [6, 6.07) is 19.1. The van der Waals surface area contributed by atoms with Gasteiger partial charge in [0.15, 0.2) is 0 Å². The number of aryl methyl sites for hydroxylation is 1. The number of carbonyl (C=O) groups excluding carboxylic acids is 2. The van der Waals surface area contributed by atoms with Crippen molar-refractivity contribution in [2.75, 3.05) is 18.0 Å². The van der Waals surface area contributed by atoms with Gasteiger partial charge in [-0.15, -0.1) is 0 Å². The number of esters is 2. The Balaban J connectivity index is 1.50. The van der Waals surface area contributed by atoms with Crippen molar-refractivity contribution in [3.8, 4) is 5.75 Å². The second-order valence-electron chi connectivity index (χ2n) is 7.24. The zero-order valence-electron chi connectivity index (χ0n) is 17.4. The summed E-state index contributed by atoms with van der Waals surface area (Å²) in [4.78, 5) is 24.0. The van der Waals surface area contributed by atoms with Gasteiger partial charge in [0.2, 0.25) is 0 Å². The maximum absolute atomic E-state index is 13.2. The fourth-order valence-corrected chi connectivity index (χ4v) is 5.12. The smallest absolute Gasteiger partial charge is 0.343 e. The van der Waals surface area contributed by atoms with Crippen molar-refractivity contribution in [1.29, 1.82) is 0 Å². The van der Waals surface area contributed by atoms with Crippen LogP contribution in [0.3, 0.4) is 0 Å². The van der Waals surface area contributed by atoms with Crippen LogP contribution in [0.25, 0.3) is 0 Å². The molecule has 0 amide bonds. The number of sulfonamides is 1. The number of methoxy groups -OCH3 is 1. The third-order valence-electron chi connectivity index (χ3n) is 5.23. The number of hydrogen-bond donors (Lipinski definition) is 0. The Morgan fingerprint density at radius 2 is 1.47 bits per heavy atom. The topological polar surface area (TPSA) is 90.0 Å². The van der Waals surface area contributed by atoms with Gasteiger partial charge < -0.3 is 9.47 Å². The molecule has 0 bridgehead atoms. The predicted molar refractivity (Wildman–Crippen MR) is 118 cm³/mol. The van der Waals surface area contributed by atoms with E-state index in [1.54, 1.807) is 0 Å². The summed E-state index contributed by atoms with van der Waals surface area (Å²) >= 11 is 0. The molecule has 1 aliphatic heterocycles. The van der Waals surface area contributed by atoms with E-state index in [2.05, 4.69) is 4.74 Å². The first-order valence-electron chi connectivity index (χ1n) is 10.0. The molecule has 0 radical (unpaired) electrons. The maximum atomic E-state index is 13.2. The monoisotopic (exact) mass is 451 g/mol. The lowest BCUT2D eigenvalue weighted by molar-refractivity contribution is 0.0600. The van der Waals surface area contributed by atoms with E-state index in [1.165, 1.54) is 59.9 Å². The van der Waals surface area contributed by atoms with E-state index in [0.29, 0.717) is 17.8 Å². The van der Waals surface area contributed by atoms with Crippen molar-refractivity contribution in [2.45, 2.75) is 17.7 Å². The predicted octanol–water partition coefficient (Wildman–Crippen LogP) is 3.83. The van der Waals surface area contributed by atoms with Crippen LogP contribution in [-0.2, 0) is 21.2 Å². The number of nitrogens with zero attached hydrogens (tertiary/aromatic N) is 1. The van der Waals surface area contributed by atoms with Crippen LogP contribution in [0.15, 0.2) is 77.7 Å². The Labute approximate surface area is 186 Å². The lowest BCUT2D eigenvalue weighted by Crippen LogP contribution is -2.35. The molecule has 0 aliphatic carbocycles. The second-order valence-corrected chi connectivity index (χ2v) is 9.10. The molecule has 0 atom stereocenters. The van der Waals surface area contributed by atoms with Gasteiger partial charge in [-0.3, -0.25) is 4.31 Å². The summed E-state index contributed by atoms with van der Waals surface area (Å²) in [5, 5.41) is 0. The largest absolute Gasteiger partial charge is 0.465 e. The number of para-hydroxylation sites is 1. The van der Waals surface area contributed by atoms with Crippen LogP contribution >= 0.6 is 0 Å². The van der Waals surface area contributed by atoms with E-state index in [4.69, 9.17) is 4.74 Å². The lowest BCUT2D eigenvalue weighted by Gasteiger charge is -2.30. The molecule has 164 valence electrons. The number of carbonyl (C=O) groups is 2. The quantitative estimate of drug-likeness (QED) is 0.433.